The van der Waals surface area contributed by atoms with Crippen LogP contribution >= 0.6 is 0 Å². The highest BCUT2D eigenvalue weighted by Gasteiger charge is 2.26. The van der Waals surface area contributed by atoms with Gasteiger partial charge in [-0.1, -0.05) is 36.4 Å². The lowest BCUT2D eigenvalue weighted by Crippen LogP contribution is -2.50. The lowest BCUT2D eigenvalue weighted by molar-refractivity contribution is -0.119. The van der Waals surface area contributed by atoms with Crippen LogP contribution in [0.2, 0.25) is 0 Å². The van der Waals surface area contributed by atoms with Gasteiger partial charge in [-0.15, -0.1) is 5.10 Å². The van der Waals surface area contributed by atoms with Gasteiger partial charge in [0.2, 0.25) is 11.9 Å². The predicted octanol–water partition coefficient (Wildman–Crippen LogP) is 2.13. The van der Waals surface area contributed by atoms with Crippen molar-refractivity contribution in [1.82, 2.24) is 20.1 Å². The van der Waals surface area contributed by atoms with Gasteiger partial charge in [0.15, 0.2) is 0 Å². The Morgan fingerprint density at radius 2 is 1.79 bits per heavy atom. The van der Waals surface area contributed by atoms with Crippen LogP contribution in [0.15, 0.2) is 54.6 Å². The van der Waals surface area contributed by atoms with Crippen molar-refractivity contribution in [3.63, 3.8) is 0 Å². The lowest BCUT2D eigenvalue weighted by atomic mass is 10.1. The Morgan fingerprint density at radius 1 is 1.07 bits per heavy atom. The Labute approximate surface area is 162 Å². The van der Waals surface area contributed by atoms with E-state index in [1.54, 1.807) is 12.1 Å². The van der Waals surface area contributed by atoms with Crippen molar-refractivity contribution in [1.29, 1.82) is 0 Å². The maximum absolute atomic E-state index is 12.7. The number of anilines is 2. The quantitative estimate of drug-likeness (QED) is 0.633. The molecular formula is C20H20N6O2. The summed E-state index contributed by atoms with van der Waals surface area (Å²) in [5, 5.41) is 12.9. The molecule has 142 valence electrons. The number of aromatic nitrogens is 3. The fourth-order valence-electron chi connectivity index (χ4n) is 2.90. The molecule has 1 aliphatic rings. The second-order valence-electron chi connectivity index (χ2n) is 6.56. The minimum atomic E-state index is -0.291. The molecule has 1 fully saturated rings. The topological polar surface area (TPSA) is 101 Å². The highest BCUT2D eigenvalue weighted by atomic mass is 16.2. The third-order valence-electron chi connectivity index (χ3n) is 4.60. The smallest absolute Gasteiger partial charge is 0.258 e. The molecular weight excluding hydrogens is 356 g/mol. The predicted molar refractivity (Wildman–Crippen MR) is 106 cm³/mol. The van der Waals surface area contributed by atoms with Gasteiger partial charge in [0.25, 0.3) is 11.9 Å². The molecule has 3 aromatic rings. The number of carbonyl (C=O) groups is 2. The molecule has 3 N–H and O–H groups in total. The van der Waals surface area contributed by atoms with E-state index in [0.29, 0.717) is 5.56 Å². The molecule has 0 saturated carbocycles. The number of hydrogen-bond acceptors (Lipinski definition) is 5. The van der Waals surface area contributed by atoms with E-state index in [-0.39, 0.29) is 29.8 Å². The molecule has 0 bridgehead atoms. The average molecular weight is 376 g/mol. The normalized spacial score (nSPS) is 15.5. The van der Waals surface area contributed by atoms with Crippen molar-refractivity contribution in [3.8, 4) is 5.69 Å². The van der Waals surface area contributed by atoms with Crippen molar-refractivity contribution >= 4 is 23.7 Å². The summed E-state index contributed by atoms with van der Waals surface area (Å²) >= 11 is 0. The fraction of sp³-hybridized carbons (Fsp3) is 0.200. The second-order valence-corrected chi connectivity index (χ2v) is 6.56. The summed E-state index contributed by atoms with van der Waals surface area (Å²) in [7, 11) is 0. The summed E-state index contributed by atoms with van der Waals surface area (Å²) in [5.74, 6) is -0.103. The number of hydrogen-bond donors (Lipinski definition) is 3. The van der Waals surface area contributed by atoms with Crippen LogP contribution in [0, 0.1) is 6.92 Å². The highest BCUT2D eigenvalue weighted by Crippen LogP contribution is 2.18. The number of para-hydroxylation sites is 1. The van der Waals surface area contributed by atoms with Crippen molar-refractivity contribution < 1.29 is 9.59 Å². The van der Waals surface area contributed by atoms with E-state index in [2.05, 4.69) is 26.0 Å². The molecule has 1 atom stereocenters. The summed E-state index contributed by atoms with van der Waals surface area (Å²) in [4.78, 5) is 29.2. The Morgan fingerprint density at radius 3 is 2.46 bits per heavy atom. The van der Waals surface area contributed by atoms with Gasteiger partial charge < -0.3 is 5.32 Å². The number of aryl methyl sites for hydroxylation is 1. The van der Waals surface area contributed by atoms with Crippen LogP contribution in [0.4, 0.5) is 11.9 Å². The maximum atomic E-state index is 12.7. The molecule has 8 heteroatoms. The number of nitrogens with zero attached hydrogens (tertiary/aromatic N) is 3. The Bertz CT molecular complexity index is 1010. The van der Waals surface area contributed by atoms with Gasteiger partial charge in [-0.25, -0.2) is 0 Å². The van der Waals surface area contributed by atoms with Crippen LogP contribution in [-0.4, -0.2) is 39.2 Å². The molecule has 1 saturated heterocycles. The number of rotatable bonds is 5. The van der Waals surface area contributed by atoms with Crippen molar-refractivity contribution in [2.75, 3.05) is 17.2 Å². The van der Waals surface area contributed by atoms with Gasteiger partial charge >= 0.3 is 0 Å². The molecule has 1 unspecified atom stereocenters. The number of amides is 2. The highest BCUT2D eigenvalue weighted by molar-refractivity contribution is 6.04. The van der Waals surface area contributed by atoms with Gasteiger partial charge in [-0.3, -0.25) is 20.2 Å². The van der Waals surface area contributed by atoms with Gasteiger partial charge in [0.05, 0.1) is 11.7 Å². The molecule has 0 radical (unpaired) electrons. The molecule has 2 heterocycles. The van der Waals surface area contributed by atoms with E-state index in [1.807, 2.05) is 49.4 Å². The molecule has 28 heavy (non-hydrogen) atoms. The summed E-state index contributed by atoms with van der Waals surface area (Å²) in [5.41, 5.74) is 2.13. The molecule has 1 aromatic heterocycles. The number of benzene rings is 2. The zero-order chi connectivity index (χ0) is 19.5. The summed E-state index contributed by atoms with van der Waals surface area (Å²) in [6, 6.07) is 16.4. The number of nitrogens with one attached hydrogen (secondary N) is 3. The van der Waals surface area contributed by atoms with E-state index < -0.39 is 0 Å². The Kier molecular flexibility index (Phi) is 4.86. The molecule has 1 aliphatic heterocycles. The standard InChI is InChI=1S/C20H20N6O2/c1-13-7-5-6-10-15(13)17(27)23-20-24-19(22-18(28)16-11-12-21-16)25-26(20)14-8-3-2-4-9-14/h2-10,16,21H,11-12H2,1H3,(H2,22,23,24,25,27,28). The summed E-state index contributed by atoms with van der Waals surface area (Å²) in [6.07, 6.45) is 0.780. The molecule has 2 amide bonds. The molecule has 0 aliphatic carbocycles. The van der Waals surface area contributed by atoms with Crippen LogP contribution in [0.5, 0.6) is 0 Å². The molecule has 8 nitrogen and oxygen atoms in total. The first-order valence-corrected chi connectivity index (χ1v) is 9.05. The van der Waals surface area contributed by atoms with Crippen LogP contribution in [-0.2, 0) is 4.79 Å². The van der Waals surface area contributed by atoms with Crippen LogP contribution in [0.3, 0.4) is 0 Å². The Balaban J connectivity index is 1.63. The summed E-state index contributed by atoms with van der Waals surface area (Å²) < 4.78 is 1.50. The van der Waals surface area contributed by atoms with Gasteiger partial charge in [-0.2, -0.15) is 9.67 Å². The van der Waals surface area contributed by atoms with Crippen LogP contribution < -0.4 is 16.0 Å². The minimum absolute atomic E-state index is 0.141. The zero-order valence-electron chi connectivity index (χ0n) is 15.3. The first kappa shape index (κ1) is 17.9. The van der Waals surface area contributed by atoms with E-state index in [9.17, 15) is 9.59 Å². The van der Waals surface area contributed by atoms with Crippen molar-refractivity contribution in [2.45, 2.75) is 19.4 Å². The Hall–Kier alpha value is -3.52. The second kappa shape index (κ2) is 7.61. The molecule has 2 aromatic carbocycles. The third kappa shape index (κ3) is 3.63. The van der Waals surface area contributed by atoms with Gasteiger partial charge in [0, 0.05) is 5.56 Å². The summed E-state index contributed by atoms with van der Waals surface area (Å²) in [6.45, 7) is 2.69. The van der Waals surface area contributed by atoms with E-state index >= 15 is 0 Å². The van der Waals surface area contributed by atoms with Crippen molar-refractivity contribution in [3.05, 3.63) is 65.7 Å². The molecule has 0 spiro atoms. The van der Waals surface area contributed by atoms with Crippen molar-refractivity contribution in [2.24, 2.45) is 0 Å². The maximum Gasteiger partial charge on any atom is 0.258 e. The van der Waals surface area contributed by atoms with Gasteiger partial charge in [-0.05, 0) is 43.7 Å². The van der Waals surface area contributed by atoms with Crippen LogP contribution in [0.25, 0.3) is 5.69 Å². The lowest BCUT2D eigenvalue weighted by Gasteiger charge is -2.25. The van der Waals surface area contributed by atoms with Gasteiger partial charge in [0.1, 0.15) is 0 Å². The largest absolute Gasteiger partial charge is 0.306 e. The monoisotopic (exact) mass is 376 g/mol. The zero-order valence-corrected chi connectivity index (χ0v) is 15.3. The van der Waals surface area contributed by atoms with E-state index in [4.69, 9.17) is 0 Å². The average Bonchev–Trinajstić information content (AvgIpc) is 3.03. The first-order chi connectivity index (χ1) is 13.6. The molecule has 4 rings (SSSR count). The first-order valence-electron chi connectivity index (χ1n) is 9.05. The van der Waals surface area contributed by atoms with Crippen LogP contribution in [0.1, 0.15) is 22.3 Å². The SMILES string of the molecule is Cc1ccccc1C(=O)Nc1nc(NC(=O)C2CCN2)nn1-c1ccccc1. The number of carbonyl (C=O) groups excluding carboxylic acids is 2. The fourth-order valence-corrected chi connectivity index (χ4v) is 2.90. The van der Waals surface area contributed by atoms with E-state index in [1.165, 1.54) is 4.68 Å². The van der Waals surface area contributed by atoms with E-state index in [0.717, 1.165) is 24.2 Å². The third-order valence-corrected chi connectivity index (χ3v) is 4.60. The minimum Gasteiger partial charge on any atom is -0.306 e.